The summed E-state index contributed by atoms with van der Waals surface area (Å²) in [7, 11) is 0. The zero-order valence-electron chi connectivity index (χ0n) is 11.4. The van der Waals surface area contributed by atoms with E-state index < -0.39 is 23.5 Å². The van der Waals surface area contributed by atoms with Crippen molar-refractivity contribution < 1.29 is 26.3 Å². The van der Waals surface area contributed by atoms with Crippen LogP contribution in [0.1, 0.15) is 11.1 Å². The molecule has 1 aromatic heterocycles. The topological polar surface area (TPSA) is 15.8 Å². The first kappa shape index (κ1) is 15.5. The first-order valence-electron chi connectivity index (χ1n) is 6.52. The lowest BCUT2D eigenvalue weighted by Gasteiger charge is -2.09. The van der Waals surface area contributed by atoms with Gasteiger partial charge in [0.05, 0.1) is 11.1 Å². The van der Waals surface area contributed by atoms with Gasteiger partial charge in [0.25, 0.3) is 0 Å². The predicted octanol–water partition coefficient (Wildman–Crippen LogP) is 5.87. The van der Waals surface area contributed by atoms with Crippen LogP contribution in [0.5, 0.6) is 0 Å². The molecular weight excluding hydrogens is 320 g/mol. The van der Waals surface area contributed by atoms with Crippen LogP contribution >= 0.6 is 0 Å². The molecule has 23 heavy (non-hydrogen) atoms. The molecule has 3 aromatic rings. The number of alkyl halides is 6. The molecule has 2 aromatic carbocycles. The van der Waals surface area contributed by atoms with E-state index in [1.54, 1.807) is 0 Å². The number of benzene rings is 2. The molecule has 0 atom stereocenters. The Morgan fingerprint density at radius 3 is 2.04 bits per heavy atom. The second kappa shape index (κ2) is 5.04. The van der Waals surface area contributed by atoms with Gasteiger partial charge in [-0.25, -0.2) is 0 Å². The second-order valence-electron chi connectivity index (χ2n) is 5.04. The molecule has 1 nitrogen and oxygen atoms in total. The van der Waals surface area contributed by atoms with E-state index in [1.165, 1.54) is 24.4 Å². The molecule has 0 amide bonds. The Morgan fingerprint density at radius 2 is 1.39 bits per heavy atom. The number of halogens is 6. The van der Waals surface area contributed by atoms with Gasteiger partial charge in [-0.3, -0.25) is 0 Å². The van der Waals surface area contributed by atoms with E-state index in [-0.39, 0.29) is 16.5 Å². The number of H-pyrrole nitrogens is 1. The highest BCUT2D eigenvalue weighted by molar-refractivity contribution is 5.96. The van der Waals surface area contributed by atoms with Crippen LogP contribution in [-0.4, -0.2) is 4.98 Å². The summed E-state index contributed by atoms with van der Waals surface area (Å²) >= 11 is 0. The molecule has 0 aliphatic rings. The van der Waals surface area contributed by atoms with Crippen molar-refractivity contribution in [1.82, 2.24) is 4.98 Å². The van der Waals surface area contributed by atoms with Gasteiger partial charge in [0, 0.05) is 22.7 Å². The molecule has 0 spiro atoms. The molecule has 120 valence electrons. The molecule has 0 aliphatic heterocycles. The van der Waals surface area contributed by atoms with Crippen LogP contribution in [0.15, 0.2) is 48.7 Å². The average Bonchev–Trinajstić information content (AvgIpc) is 2.88. The van der Waals surface area contributed by atoms with Crippen molar-refractivity contribution in [2.45, 2.75) is 12.4 Å². The molecule has 0 saturated heterocycles. The zero-order valence-corrected chi connectivity index (χ0v) is 11.4. The maximum atomic E-state index is 12.8. The molecule has 7 heteroatoms. The van der Waals surface area contributed by atoms with Gasteiger partial charge >= 0.3 is 12.4 Å². The van der Waals surface area contributed by atoms with Gasteiger partial charge in [-0.05, 0) is 35.9 Å². The van der Waals surface area contributed by atoms with Gasteiger partial charge in [-0.15, -0.1) is 0 Å². The fourth-order valence-corrected chi connectivity index (χ4v) is 2.40. The third kappa shape index (κ3) is 2.91. The van der Waals surface area contributed by atoms with Crippen molar-refractivity contribution in [2.24, 2.45) is 0 Å². The molecule has 0 saturated carbocycles. The molecule has 3 rings (SSSR count). The van der Waals surface area contributed by atoms with Crippen LogP contribution in [-0.2, 0) is 12.4 Å². The number of aromatic nitrogens is 1. The minimum absolute atomic E-state index is 0.199. The zero-order chi connectivity index (χ0) is 16.8. The van der Waals surface area contributed by atoms with Crippen molar-refractivity contribution in [3.05, 3.63) is 59.8 Å². The Bertz CT molecular complexity index is 857. The standard InChI is InChI=1S/C16H9F6N/c17-15(18,19)10-3-1-2-9(6-10)13-8-23-14-5-4-11(7-12(13)14)16(20,21)22/h1-8,23H. The Balaban J connectivity index is 2.17. The summed E-state index contributed by atoms with van der Waals surface area (Å²) in [5.74, 6) is 0. The van der Waals surface area contributed by atoms with Crippen molar-refractivity contribution in [3.8, 4) is 11.1 Å². The highest BCUT2D eigenvalue weighted by atomic mass is 19.4. The fraction of sp³-hybridized carbons (Fsp3) is 0.125. The first-order chi connectivity index (χ1) is 10.7. The summed E-state index contributed by atoms with van der Waals surface area (Å²) in [5, 5.41) is 0.221. The first-order valence-corrected chi connectivity index (χ1v) is 6.52. The molecule has 0 unspecified atom stereocenters. The molecule has 1 N–H and O–H groups in total. The van der Waals surface area contributed by atoms with E-state index in [4.69, 9.17) is 0 Å². The van der Waals surface area contributed by atoms with Gasteiger partial charge in [0.1, 0.15) is 0 Å². The lowest BCUT2D eigenvalue weighted by Crippen LogP contribution is -2.04. The van der Waals surface area contributed by atoms with Crippen molar-refractivity contribution in [2.75, 3.05) is 0 Å². The van der Waals surface area contributed by atoms with E-state index in [2.05, 4.69) is 4.98 Å². The van der Waals surface area contributed by atoms with Crippen LogP contribution < -0.4 is 0 Å². The van der Waals surface area contributed by atoms with E-state index in [9.17, 15) is 26.3 Å². The van der Waals surface area contributed by atoms with Crippen LogP contribution in [0.25, 0.3) is 22.0 Å². The highest BCUT2D eigenvalue weighted by Gasteiger charge is 2.32. The Kier molecular flexibility index (Phi) is 3.39. The van der Waals surface area contributed by atoms with Gasteiger partial charge in [0.15, 0.2) is 0 Å². The minimum atomic E-state index is -4.52. The van der Waals surface area contributed by atoms with Crippen molar-refractivity contribution in [1.29, 1.82) is 0 Å². The predicted molar refractivity (Wildman–Crippen MR) is 73.7 cm³/mol. The number of hydrogen-bond donors (Lipinski definition) is 1. The lowest BCUT2D eigenvalue weighted by molar-refractivity contribution is -0.138. The number of hydrogen-bond acceptors (Lipinski definition) is 0. The molecule has 0 bridgehead atoms. The van der Waals surface area contributed by atoms with Crippen molar-refractivity contribution in [3.63, 3.8) is 0 Å². The molecule has 0 fully saturated rings. The average molecular weight is 329 g/mol. The third-order valence-corrected chi connectivity index (χ3v) is 3.51. The summed E-state index contributed by atoms with van der Waals surface area (Å²) in [5.41, 5.74) is -0.790. The summed E-state index contributed by atoms with van der Waals surface area (Å²) in [6.07, 6.45) is -7.63. The van der Waals surface area contributed by atoms with Gasteiger partial charge in [-0.1, -0.05) is 12.1 Å². The summed E-state index contributed by atoms with van der Waals surface area (Å²) in [6.45, 7) is 0. The van der Waals surface area contributed by atoms with Crippen molar-refractivity contribution >= 4 is 10.9 Å². The quantitative estimate of drug-likeness (QED) is 0.537. The van der Waals surface area contributed by atoms with Gasteiger partial charge in [-0.2, -0.15) is 26.3 Å². The van der Waals surface area contributed by atoms with Gasteiger partial charge in [0.2, 0.25) is 0 Å². The van der Waals surface area contributed by atoms with Crippen LogP contribution in [0.4, 0.5) is 26.3 Å². The minimum Gasteiger partial charge on any atom is -0.361 e. The monoisotopic (exact) mass is 329 g/mol. The molecule has 0 aliphatic carbocycles. The summed E-state index contributed by atoms with van der Waals surface area (Å²) in [4.78, 5) is 2.77. The van der Waals surface area contributed by atoms with Gasteiger partial charge < -0.3 is 4.98 Å². The summed E-state index contributed by atoms with van der Waals surface area (Å²) in [6, 6.07) is 7.61. The van der Waals surface area contributed by atoms with E-state index in [0.29, 0.717) is 5.52 Å². The van der Waals surface area contributed by atoms with E-state index in [1.807, 2.05) is 0 Å². The summed E-state index contributed by atoms with van der Waals surface area (Å²) < 4.78 is 76.8. The molecule has 0 radical (unpaired) electrons. The smallest absolute Gasteiger partial charge is 0.361 e. The number of aromatic amines is 1. The van der Waals surface area contributed by atoms with E-state index in [0.717, 1.165) is 24.3 Å². The fourth-order valence-electron chi connectivity index (χ4n) is 2.40. The van der Waals surface area contributed by atoms with Crippen LogP contribution in [0.3, 0.4) is 0 Å². The Hall–Kier alpha value is -2.44. The maximum absolute atomic E-state index is 12.8. The Morgan fingerprint density at radius 1 is 0.739 bits per heavy atom. The largest absolute Gasteiger partial charge is 0.416 e. The lowest BCUT2D eigenvalue weighted by atomic mass is 10.0. The normalized spacial score (nSPS) is 12.8. The second-order valence-corrected chi connectivity index (χ2v) is 5.04. The van der Waals surface area contributed by atoms with Crippen LogP contribution in [0, 0.1) is 0 Å². The molecule has 1 heterocycles. The maximum Gasteiger partial charge on any atom is 0.416 e. The van der Waals surface area contributed by atoms with E-state index >= 15 is 0 Å². The van der Waals surface area contributed by atoms with Crippen LogP contribution in [0.2, 0.25) is 0 Å². The Labute approximate surface area is 126 Å². The molecular formula is C16H9F6N. The number of fused-ring (bicyclic) bond motifs is 1. The SMILES string of the molecule is FC(F)(F)c1cccc(-c2c[nH]c3ccc(C(F)(F)F)cc23)c1. The third-order valence-electron chi connectivity index (χ3n) is 3.51. The highest BCUT2D eigenvalue weighted by Crippen LogP contribution is 2.37. The number of nitrogens with one attached hydrogen (secondary N) is 1. The number of rotatable bonds is 1.